The Labute approximate surface area is 160 Å². The van der Waals surface area contributed by atoms with Crippen LogP contribution in [0.25, 0.3) is 0 Å². The Hall–Kier alpha value is -0.0700. The lowest BCUT2D eigenvalue weighted by atomic mass is 10.1. The summed E-state index contributed by atoms with van der Waals surface area (Å²) in [5.41, 5.74) is 1.48. The number of unbranched alkanes of at least 4 members (excludes halogenated alkanes) is 4. The minimum atomic E-state index is 0.0570. The van der Waals surface area contributed by atoms with E-state index in [1.54, 1.807) is 7.11 Å². The molecular weight excluding hydrogens is 425 g/mol. The van der Waals surface area contributed by atoms with Gasteiger partial charge in [0.2, 0.25) is 5.91 Å². The Morgan fingerprint density at radius 2 is 2.00 bits per heavy atom. The largest absolute Gasteiger partial charge is 0.381 e. The second-order valence-electron chi connectivity index (χ2n) is 5.64. The molecule has 0 fully saturated rings. The molecule has 0 radical (unpaired) electrons. The van der Waals surface area contributed by atoms with Crippen LogP contribution in [0.5, 0.6) is 0 Å². The van der Waals surface area contributed by atoms with Gasteiger partial charge in [-0.15, -0.1) is 0 Å². The average Bonchev–Trinajstić information content (AvgIpc) is 2.57. The van der Waals surface area contributed by atoms with Crippen LogP contribution in [-0.2, 0) is 9.53 Å². The molecule has 0 rings (SSSR count). The topological polar surface area (TPSA) is 38.3 Å². The van der Waals surface area contributed by atoms with E-state index in [2.05, 4.69) is 47.0 Å². The van der Waals surface area contributed by atoms with Crippen LogP contribution in [0.15, 0.2) is 21.3 Å². The maximum Gasteiger partial charge on any atom is 0.220 e. The van der Waals surface area contributed by atoms with Crippen LogP contribution in [0.1, 0.15) is 64.7 Å². The van der Waals surface area contributed by atoms with Gasteiger partial charge in [0.1, 0.15) is 0 Å². The number of hydrogen-bond acceptors (Lipinski definition) is 2. The standard InChI is InChI=1S/C18H31ClINO2/c1-3-4-5-6-8-11-17(23-2)12-9-7-10-13-18(22)21-15-16(20)14-19/h7,9,14,17H,3-6,8,10-13,15H2,1-2H3,(H,21,22)/b9-7+,16-14-/t17-/m0/s1. The Bertz CT molecular complexity index is 359. The SMILES string of the molecule is CCCCCCC[C@@H](C/C=C/CCC(=O)NC/C(I)=C/Cl)OC. The normalized spacial score (nSPS) is 13.5. The minimum absolute atomic E-state index is 0.0570. The van der Waals surface area contributed by atoms with Gasteiger partial charge in [-0.25, -0.2) is 0 Å². The molecule has 0 aromatic rings. The van der Waals surface area contributed by atoms with Gasteiger partial charge in [-0.3, -0.25) is 4.79 Å². The number of carbonyl (C=O) groups excluding carboxylic acids is 1. The van der Waals surface area contributed by atoms with Crippen molar-refractivity contribution >= 4 is 40.1 Å². The second-order valence-corrected chi connectivity index (χ2v) is 7.24. The molecule has 1 N–H and O–H groups in total. The number of halogens is 2. The zero-order valence-electron chi connectivity index (χ0n) is 14.5. The van der Waals surface area contributed by atoms with Crippen LogP contribution in [0.2, 0.25) is 0 Å². The van der Waals surface area contributed by atoms with Crippen molar-refractivity contribution in [1.82, 2.24) is 5.32 Å². The molecule has 0 unspecified atom stereocenters. The van der Waals surface area contributed by atoms with Crippen molar-refractivity contribution in [2.45, 2.75) is 70.8 Å². The van der Waals surface area contributed by atoms with Gasteiger partial charge < -0.3 is 10.1 Å². The van der Waals surface area contributed by atoms with Crippen molar-refractivity contribution in [3.8, 4) is 0 Å². The molecule has 0 saturated heterocycles. The third-order valence-corrected chi connectivity index (χ3v) is 4.96. The predicted molar refractivity (Wildman–Crippen MR) is 108 cm³/mol. The van der Waals surface area contributed by atoms with Gasteiger partial charge >= 0.3 is 0 Å². The third kappa shape index (κ3) is 15.2. The molecule has 0 aromatic heterocycles. The lowest BCUT2D eigenvalue weighted by Gasteiger charge is -2.12. The monoisotopic (exact) mass is 455 g/mol. The van der Waals surface area contributed by atoms with Crippen LogP contribution < -0.4 is 5.32 Å². The summed E-state index contributed by atoms with van der Waals surface area (Å²) in [6.45, 7) is 2.74. The van der Waals surface area contributed by atoms with Crippen molar-refractivity contribution in [2.75, 3.05) is 13.7 Å². The lowest BCUT2D eigenvalue weighted by Crippen LogP contribution is -2.23. The van der Waals surface area contributed by atoms with E-state index in [-0.39, 0.29) is 5.91 Å². The van der Waals surface area contributed by atoms with E-state index >= 15 is 0 Å². The summed E-state index contributed by atoms with van der Waals surface area (Å²) in [6.07, 6.45) is 14.3. The van der Waals surface area contributed by atoms with Gasteiger partial charge in [0.05, 0.1) is 6.10 Å². The molecule has 0 spiro atoms. The molecule has 134 valence electrons. The summed E-state index contributed by atoms with van der Waals surface area (Å²) in [5, 5.41) is 2.83. The van der Waals surface area contributed by atoms with E-state index in [0.29, 0.717) is 19.1 Å². The molecular formula is C18H31ClINO2. The molecule has 3 nitrogen and oxygen atoms in total. The quantitative estimate of drug-likeness (QED) is 0.207. The van der Waals surface area contributed by atoms with Gasteiger partial charge in [0.25, 0.3) is 0 Å². The number of carbonyl (C=O) groups is 1. The fourth-order valence-corrected chi connectivity index (χ4v) is 2.47. The third-order valence-electron chi connectivity index (χ3n) is 3.64. The maximum atomic E-state index is 11.6. The first-order chi connectivity index (χ1) is 11.1. The van der Waals surface area contributed by atoms with Crippen LogP contribution in [-0.4, -0.2) is 25.7 Å². The predicted octanol–water partition coefficient (Wildman–Crippen LogP) is 5.72. The van der Waals surface area contributed by atoms with Crippen molar-refractivity contribution in [1.29, 1.82) is 0 Å². The first-order valence-electron chi connectivity index (χ1n) is 8.53. The van der Waals surface area contributed by atoms with E-state index in [1.807, 2.05) is 0 Å². The van der Waals surface area contributed by atoms with Crippen LogP contribution in [0.3, 0.4) is 0 Å². The molecule has 0 aliphatic rings. The molecule has 0 saturated carbocycles. The number of allylic oxidation sites excluding steroid dienone is 1. The highest BCUT2D eigenvalue weighted by atomic mass is 127. The lowest BCUT2D eigenvalue weighted by molar-refractivity contribution is -0.120. The smallest absolute Gasteiger partial charge is 0.220 e. The zero-order chi connectivity index (χ0) is 17.3. The van der Waals surface area contributed by atoms with Gasteiger partial charge in [-0.2, -0.15) is 0 Å². The Kier molecular flexibility index (Phi) is 16.7. The number of ether oxygens (including phenoxy) is 1. The molecule has 23 heavy (non-hydrogen) atoms. The van der Waals surface area contributed by atoms with E-state index in [9.17, 15) is 4.79 Å². The number of nitrogens with one attached hydrogen (secondary N) is 1. The summed E-state index contributed by atoms with van der Waals surface area (Å²) in [6, 6.07) is 0. The average molecular weight is 456 g/mol. The highest BCUT2D eigenvalue weighted by Crippen LogP contribution is 2.12. The van der Waals surface area contributed by atoms with Crippen LogP contribution in [0, 0.1) is 0 Å². The Morgan fingerprint density at radius 1 is 1.26 bits per heavy atom. The number of hydrogen-bond donors (Lipinski definition) is 1. The summed E-state index contributed by atoms with van der Waals surface area (Å²) in [5.74, 6) is 0.0570. The first-order valence-corrected chi connectivity index (χ1v) is 10.0. The fraction of sp³-hybridized carbons (Fsp3) is 0.722. The minimum Gasteiger partial charge on any atom is -0.381 e. The fourth-order valence-electron chi connectivity index (χ4n) is 2.20. The summed E-state index contributed by atoms with van der Waals surface area (Å²) >= 11 is 7.65. The number of rotatable bonds is 14. The van der Waals surface area contributed by atoms with Crippen LogP contribution in [0.4, 0.5) is 0 Å². The van der Waals surface area contributed by atoms with Gasteiger partial charge in [0.15, 0.2) is 0 Å². The number of amides is 1. The summed E-state index contributed by atoms with van der Waals surface area (Å²) < 4.78 is 6.44. The molecule has 1 atom stereocenters. The molecule has 0 aliphatic carbocycles. The Morgan fingerprint density at radius 3 is 2.65 bits per heavy atom. The van der Waals surface area contributed by atoms with Crippen molar-refractivity contribution < 1.29 is 9.53 Å². The molecule has 0 aliphatic heterocycles. The highest BCUT2D eigenvalue weighted by Gasteiger charge is 2.04. The van der Waals surface area contributed by atoms with E-state index in [1.165, 1.54) is 37.6 Å². The molecule has 1 amide bonds. The second kappa shape index (κ2) is 16.8. The summed E-state index contributed by atoms with van der Waals surface area (Å²) in [4.78, 5) is 11.6. The van der Waals surface area contributed by atoms with E-state index in [0.717, 1.165) is 22.8 Å². The molecule has 5 heteroatoms. The van der Waals surface area contributed by atoms with Gasteiger partial charge in [-0.1, -0.05) is 62.8 Å². The van der Waals surface area contributed by atoms with Crippen LogP contribution >= 0.6 is 34.2 Å². The first kappa shape index (κ1) is 22.9. The van der Waals surface area contributed by atoms with Crippen molar-refractivity contribution in [3.05, 3.63) is 21.3 Å². The highest BCUT2D eigenvalue weighted by molar-refractivity contribution is 14.1. The molecule has 0 bridgehead atoms. The van der Waals surface area contributed by atoms with E-state index < -0.39 is 0 Å². The summed E-state index contributed by atoms with van der Waals surface area (Å²) in [7, 11) is 1.78. The van der Waals surface area contributed by atoms with Crippen molar-refractivity contribution in [3.63, 3.8) is 0 Å². The van der Waals surface area contributed by atoms with Gasteiger partial charge in [0, 0.05) is 29.2 Å². The molecule has 0 aromatic carbocycles. The Balaban J connectivity index is 3.70. The molecule has 0 heterocycles. The van der Waals surface area contributed by atoms with E-state index in [4.69, 9.17) is 16.3 Å². The maximum absolute atomic E-state index is 11.6. The zero-order valence-corrected chi connectivity index (χ0v) is 17.4. The van der Waals surface area contributed by atoms with Crippen molar-refractivity contribution in [2.24, 2.45) is 0 Å². The van der Waals surface area contributed by atoms with Gasteiger partial charge in [-0.05, 0) is 41.9 Å². The number of methoxy groups -OCH3 is 1.